The van der Waals surface area contributed by atoms with Crippen molar-refractivity contribution in [3.63, 3.8) is 0 Å². The summed E-state index contributed by atoms with van der Waals surface area (Å²) in [6.07, 6.45) is 4.50. The second-order valence-electron chi connectivity index (χ2n) is 5.92. The molecule has 0 spiro atoms. The summed E-state index contributed by atoms with van der Waals surface area (Å²) < 4.78 is 43.5. The molecule has 1 saturated heterocycles. The van der Waals surface area contributed by atoms with Crippen molar-refractivity contribution in [3.8, 4) is 11.5 Å². The number of sulfonamides is 1. The van der Waals surface area contributed by atoms with E-state index in [-0.39, 0.29) is 10.9 Å². The van der Waals surface area contributed by atoms with Gasteiger partial charge in [0.25, 0.3) is 0 Å². The lowest BCUT2D eigenvalue weighted by Gasteiger charge is -2.35. The number of hydrogen-bond acceptors (Lipinski definition) is 5. The second kappa shape index (κ2) is 8.69. The van der Waals surface area contributed by atoms with E-state index in [2.05, 4.69) is 0 Å². The quantitative estimate of drug-likeness (QED) is 0.669. The van der Waals surface area contributed by atoms with Crippen LogP contribution in [0.5, 0.6) is 11.5 Å². The molecule has 0 aromatic heterocycles. The van der Waals surface area contributed by atoms with Crippen LogP contribution in [-0.4, -0.2) is 53.2 Å². The van der Waals surface area contributed by atoms with Gasteiger partial charge in [-0.05, 0) is 37.8 Å². The Morgan fingerprint density at radius 2 is 1.96 bits per heavy atom. The van der Waals surface area contributed by atoms with Gasteiger partial charge < -0.3 is 14.2 Å². The summed E-state index contributed by atoms with van der Waals surface area (Å²) in [7, 11) is 1.07. The van der Waals surface area contributed by atoms with Crippen molar-refractivity contribution in [2.45, 2.75) is 43.0 Å². The van der Waals surface area contributed by atoms with E-state index in [0.29, 0.717) is 24.7 Å². The van der Waals surface area contributed by atoms with Crippen LogP contribution in [0.1, 0.15) is 32.1 Å². The number of rotatable bonds is 8. The maximum atomic E-state index is 13.2. The molecule has 1 aromatic carbocycles. The first-order chi connectivity index (χ1) is 11.5. The van der Waals surface area contributed by atoms with Gasteiger partial charge in [-0.25, -0.2) is 8.42 Å². The normalized spacial score (nSPS) is 19.2. The van der Waals surface area contributed by atoms with Crippen LogP contribution in [0.15, 0.2) is 23.1 Å². The zero-order chi connectivity index (χ0) is 17.6. The number of methoxy groups -OCH3 is 3. The highest BCUT2D eigenvalue weighted by atomic mass is 32.2. The van der Waals surface area contributed by atoms with Crippen LogP contribution in [0.4, 0.5) is 0 Å². The fourth-order valence-electron chi connectivity index (χ4n) is 3.16. The SMILES string of the molecule is COCCC[C@@H]1CCCCN1S(=O)(=O)c1ccc(OC)cc1OC. The number of ether oxygens (including phenoxy) is 3. The Balaban J connectivity index is 2.29. The zero-order valence-corrected chi connectivity index (χ0v) is 15.5. The van der Waals surface area contributed by atoms with E-state index in [0.717, 1.165) is 32.1 Å². The molecule has 24 heavy (non-hydrogen) atoms. The lowest BCUT2D eigenvalue weighted by Crippen LogP contribution is -2.43. The Kier molecular flexibility index (Phi) is 6.89. The van der Waals surface area contributed by atoms with Crippen LogP contribution in [0.25, 0.3) is 0 Å². The van der Waals surface area contributed by atoms with Crippen molar-refractivity contribution < 1.29 is 22.6 Å². The lowest BCUT2D eigenvalue weighted by atomic mass is 10.0. The molecule has 6 nitrogen and oxygen atoms in total. The largest absolute Gasteiger partial charge is 0.497 e. The number of piperidine rings is 1. The molecule has 0 radical (unpaired) electrons. The minimum atomic E-state index is -3.60. The van der Waals surface area contributed by atoms with Crippen molar-refractivity contribution in [1.82, 2.24) is 4.31 Å². The summed E-state index contributed by atoms with van der Waals surface area (Å²) >= 11 is 0. The Labute approximate surface area is 144 Å². The van der Waals surface area contributed by atoms with Crippen molar-refractivity contribution in [3.05, 3.63) is 18.2 Å². The van der Waals surface area contributed by atoms with Gasteiger partial charge in [0.05, 0.1) is 14.2 Å². The standard InChI is InChI=1S/C17H27NO5S/c1-21-12-6-8-14-7-4-5-11-18(14)24(19,20)17-10-9-15(22-2)13-16(17)23-3/h9-10,13-14H,4-8,11-12H2,1-3H3/t14-/m0/s1. The first kappa shape index (κ1) is 19.0. The molecule has 0 unspecified atom stereocenters. The molecule has 0 amide bonds. The maximum absolute atomic E-state index is 13.2. The highest BCUT2D eigenvalue weighted by Gasteiger charge is 2.35. The molecule has 136 valence electrons. The molecule has 0 bridgehead atoms. The minimum absolute atomic E-state index is 0.0192. The van der Waals surface area contributed by atoms with Gasteiger partial charge in [0.2, 0.25) is 10.0 Å². The molecule has 2 rings (SSSR count). The Morgan fingerprint density at radius 3 is 2.62 bits per heavy atom. The summed E-state index contributed by atoms with van der Waals surface area (Å²) in [5, 5.41) is 0. The van der Waals surface area contributed by atoms with Gasteiger partial charge >= 0.3 is 0 Å². The van der Waals surface area contributed by atoms with Gasteiger partial charge in [-0.15, -0.1) is 0 Å². The summed E-state index contributed by atoms with van der Waals surface area (Å²) in [6.45, 7) is 1.20. The van der Waals surface area contributed by atoms with E-state index in [9.17, 15) is 8.42 Å². The van der Waals surface area contributed by atoms with Crippen molar-refractivity contribution in [1.29, 1.82) is 0 Å². The first-order valence-electron chi connectivity index (χ1n) is 8.27. The van der Waals surface area contributed by atoms with E-state index in [1.54, 1.807) is 36.7 Å². The number of benzene rings is 1. The molecule has 1 heterocycles. The molecule has 1 aliphatic heterocycles. The van der Waals surface area contributed by atoms with Crippen LogP contribution in [-0.2, 0) is 14.8 Å². The van der Waals surface area contributed by atoms with E-state index in [1.165, 1.54) is 7.11 Å². The third kappa shape index (κ3) is 4.20. The molecular weight excluding hydrogens is 330 g/mol. The minimum Gasteiger partial charge on any atom is -0.497 e. The van der Waals surface area contributed by atoms with Gasteiger partial charge in [0, 0.05) is 32.4 Å². The molecule has 1 aliphatic rings. The van der Waals surface area contributed by atoms with Gasteiger partial charge in [0.1, 0.15) is 16.4 Å². The zero-order valence-electron chi connectivity index (χ0n) is 14.7. The fraction of sp³-hybridized carbons (Fsp3) is 0.647. The smallest absolute Gasteiger partial charge is 0.247 e. The van der Waals surface area contributed by atoms with Crippen molar-refractivity contribution in [2.24, 2.45) is 0 Å². The van der Waals surface area contributed by atoms with Gasteiger partial charge in [-0.1, -0.05) is 6.42 Å². The van der Waals surface area contributed by atoms with Gasteiger partial charge in [-0.3, -0.25) is 0 Å². The van der Waals surface area contributed by atoms with Crippen LogP contribution in [0.2, 0.25) is 0 Å². The number of nitrogens with zero attached hydrogens (tertiary/aromatic N) is 1. The first-order valence-corrected chi connectivity index (χ1v) is 9.71. The highest BCUT2D eigenvalue weighted by molar-refractivity contribution is 7.89. The Bertz CT molecular complexity index is 632. The molecular formula is C17H27NO5S. The average molecular weight is 357 g/mol. The lowest BCUT2D eigenvalue weighted by molar-refractivity contribution is 0.172. The van der Waals surface area contributed by atoms with E-state index in [4.69, 9.17) is 14.2 Å². The molecule has 1 fully saturated rings. The topological polar surface area (TPSA) is 65.1 Å². The average Bonchev–Trinajstić information content (AvgIpc) is 2.61. The predicted octanol–water partition coefficient (Wildman–Crippen LogP) is 2.67. The molecule has 1 aromatic rings. The monoisotopic (exact) mass is 357 g/mol. The van der Waals surface area contributed by atoms with Crippen LogP contribution in [0, 0.1) is 0 Å². The highest BCUT2D eigenvalue weighted by Crippen LogP contribution is 2.34. The molecule has 0 aliphatic carbocycles. The third-order valence-electron chi connectivity index (χ3n) is 4.42. The fourth-order valence-corrected chi connectivity index (χ4v) is 5.02. The summed E-state index contributed by atoms with van der Waals surface area (Å²) in [4.78, 5) is 0.199. The summed E-state index contributed by atoms with van der Waals surface area (Å²) in [5.41, 5.74) is 0. The molecule has 1 atom stereocenters. The van der Waals surface area contributed by atoms with E-state index in [1.807, 2.05) is 0 Å². The van der Waals surface area contributed by atoms with Crippen LogP contribution < -0.4 is 9.47 Å². The molecule has 0 saturated carbocycles. The number of hydrogen-bond donors (Lipinski definition) is 0. The van der Waals surface area contributed by atoms with Crippen molar-refractivity contribution >= 4 is 10.0 Å². The van der Waals surface area contributed by atoms with E-state index >= 15 is 0 Å². The predicted molar refractivity (Wildman–Crippen MR) is 92.2 cm³/mol. The summed E-state index contributed by atoms with van der Waals surface area (Å²) in [5.74, 6) is 0.886. The van der Waals surface area contributed by atoms with Crippen LogP contribution >= 0.6 is 0 Å². The maximum Gasteiger partial charge on any atom is 0.247 e. The van der Waals surface area contributed by atoms with Crippen LogP contribution in [0.3, 0.4) is 0 Å². The Morgan fingerprint density at radius 1 is 1.17 bits per heavy atom. The Hall–Kier alpha value is -1.31. The van der Waals surface area contributed by atoms with Crippen molar-refractivity contribution in [2.75, 3.05) is 34.5 Å². The molecule has 0 N–H and O–H groups in total. The van der Waals surface area contributed by atoms with Gasteiger partial charge in [0.15, 0.2) is 0 Å². The van der Waals surface area contributed by atoms with E-state index < -0.39 is 10.0 Å². The molecule has 7 heteroatoms. The second-order valence-corrected chi connectivity index (χ2v) is 7.78. The summed E-state index contributed by atoms with van der Waals surface area (Å²) in [6, 6.07) is 4.84. The van der Waals surface area contributed by atoms with Gasteiger partial charge in [-0.2, -0.15) is 4.31 Å². The third-order valence-corrected chi connectivity index (χ3v) is 6.41.